The lowest BCUT2D eigenvalue weighted by Gasteiger charge is -2.27. The van der Waals surface area contributed by atoms with E-state index in [1.54, 1.807) is 20.8 Å². The Kier molecular flexibility index (Phi) is 4.35. The van der Waals surface area contributed by atoms with Crippen molar-refractivity contribution in [1.29, 1.82) is 0 Å². The van der Waals surface area contributed by atoms with E-state index in [1.807, 2.05) is 37.3 Å². The third kappa shape index (κ3) is 3.84. The van der Waals surface area contributed by atoms with Crippen LogP contribution in [0, 0.1) is 5.92 Å². The number of rotatable bonds is 2. The molecule has 1 aliphatic heterocycles. The number of carbonyl (C=O) groups excluding carboxylic acids is 2. The lowest BCUT2D eigenvalue weighted by molar-refractivity contribution is -0.130. The van der Waals surface area contributed by atoms with Crippen molar-refractivity contribution in [2.45, 2.75) is 52.2 Å². The Morgan fingerprint density at radius 1 is 1.29 bits per heavy atom. The maximum absolute atomic E-state index is 12.3. The fraction of sp³-hybridized carbons (Fsp3) is 0.529. The Labute approximate surface area is 126 Å². The molecule has 0 bridgehead atoms. The third-order valence-corrected chi connectivity index (χ3v) is 3.55. The molecule has 4 nitrogen and oxygen atoms in total. The molecule has 2 rings (SSSR count). The molecule has 1 heterocycles. The Morgan fingerprint density at radius 2 is 1.90 bits per heavy atom. The van der Waals surface area contributed by atoms with Crippen molar-refractivity contribution in [2.75, 3.05) is 0 Å². The average molecular weight is 289 g/mol. The highest BCUT2D eigenvalue weighted by molar-refractivity contribution is 5.95. The van der Waals surface area contributed by atoms with Gasteiger partial charge in [-0.25, -0.2) is 9.69 Å². The number of hydrogen-bond donors (Lipinski definition) is 0. The molecule has 1 fully saturated rings. The van der Waals surface area contributed by atoms with Gasteiger partial charge in [-0.15, -0.1) is 0 Å². The molecule has 1 unspecified atom stereocenters. The lowest BCUT2D eigenvalue weighted by atomic mass is 10.0. The number of imide groups is 1. The molecule has 0 N–H and O–H groups in total. The average Bonchev–Trinajstić information content (AvgIpc) is 2.64. The van der Waals surface area contributed by atoms with Crippen LogP contribution >= 0.6 is 0 Å². The van der Waals surface area contributed by atoms with E-state index >= 15 is 0 Å². The van der Waals surface area contributed by atoms with E-state index in [2.05, 4.69) is 0 Å². The van der Waals surface area contributed by atoms with Gasteiger partial charge in [-0.3, -0.25) is 4.79 Å². The van der Waals surface area contributed by atoms with Crippen molar-refractivity contribution < 1.29 is 14.3 Å². The van der Waals surface area contributed by atoms with Crippen LogP contribution in [0.4, 0.5) is 4.79 Å². The van der Waals surface area contributed by atoms with Crippen molar-refractivity contribution in [1.82, 2.24) is 4.90 Å². The van der Waals surface area contributed by atoms with Crippen LogP contribution in [0.25, 0.3) is 0 Å². The van der Waals surface area contributed by atoms with E-state index in [-0.39, 0.29) is 17.9 Å². The zero-order chi connectivity index (χ0) is 15.6. The highest BCUT2D eigenvalue weighted by atomic mass is 16.6. The summed E-state index contributed by atoms with van der Waals surface area (Å²) >= 11 is 0. The van der Waals surface area contributed by atoms with Crippen molar-refractivity contribution in [3.63, 3.8) is 0 Å². The molecule has 0 radical (unpaired) electrons. The largest absolute Gasteiger partial charge is 0.443 e. The molecular formula is C17H23NO3. The van der Waals surface area contributed by atoms with Crippen LogP contribution in [0.1, 0.15) is 39.7 Å². The normalized spacial score (nSPS) is 22.5. The second-order valence-corrected chi connectivity index (χ2v) is 6.67. The van der Waals surface area contributed by atoms with Gasteiger partial charge in [-0.2, -0.15) is 0 Å². The zero-order valence-corrected chi connectivity index (χ0v) is 13.1. The smallest absolute Gasteiger partial charge is 0.417 e. The quantitative estimate of drug-likeness (QED) is 0.838. The summed E-state index contributed by atoms with van der Waals surface area (Å²) in [5.74, 6) is -0.267. The van der Waals surface area contributed by atoms with Gasteiger partial charge in [0, 0.05) is 12.0 Å². The van der Waals surface area contributed by atoms with Gasteiger partial charge in [-0.05, 0) is 39.2 Å². The maximum atomic E-state index is 12.3. The number of amides is 2. The van der Waals surface area contributed by atoms with Gasteiger partial charge in [0.2, 0.25) is 5.91 Å². The van der Waals surface area contributed by atoms with Crippen LogP contribution in [0.2, 0.25) is 0 Å². The molecule has 0 saturated carbocycles. The summed E-state index contributed by atoms with van der Waals surface area (Å²) in [5, 5.41) is 0. The molecule has 1 aromatic rings. The van der Waals surface area contributed by atoms with Crippen molar-refractivity contribution in [3.05, 3.63) is 35.9 Å². The third-order valence-electron chi connectivity index (χ3n) is 3.55. The molecule has 4 heteroatoms. The van der Waals surface area contributed by atoms with Crippen molar-refractivity contribution in [3.8, 4) is 0 Å². The summed E-state index contributed by atoms with van der Waals surface area (Å²) in [6, 6.07) is 9.80. The summed E-state index contributed by atoms with van der Waals surface area (Å²) in [4.78, 5) is 25.9. The fourth-order valence-corrected chi connectivity index (χ4v) is 2.64. The molecule has 1 saturated heterocycles. The zero-order valence-electron chi connectivity index (χ0n) is 13.1. The summed E-state index contributed by atoms with van der Waals surface area (Å²) < 4.78 is 5.37. The number of hydrogen-bond acceptors (Lipinski definition) is 3. The first-order chi connectivity index (χ1) is 9.78. The van der Waals surface area contributed by atoms with Gasteiger partial charge < -0.3 is 4.74 Å². The highest BCUT2D eigenvalue weighted by Gasteiger charge is 2.42. The number of carbonyl (C=O) groups is 2. The lowest BCUT2D eigenvalue weighted by Crippen LogP contribution is -2.43. The predicted molar refractivity (Wildman–Crippen MR) is 80.8 cm³/mol. The summed E-state index contributed by atoms with van der Waals surface area (Å²) in [7, 11) is 0. The van der Waals surface area contributed by atoms with Gasteiger partial charge in [0.25, 0.3) is 0 Å². The van der Waals surface area contributed by atoms with Crippen molar-refractivity contribution in [2.24, 2.45) is 5.92 Å². The molecule has 0 spiro atoms. The van der Waals surface area contributed by atoms with Gasteiger partial charge in [0.1, 0.15) is 5.60 Å². The predicted octanol–water partition coefficient (Wildman–Crippen LogP) is 3.40. The van der Waals surface area contributed by atoms with Gasteiger partial charge >= 0.3 is 6.09 Å². The first-order valence-corrected chi connectivity index (χ1v) is 7.38. The van der Waals surface area contributed by atoms with E-state index in [4.69, 9.17) is 4.74 Å². The van der Waals surface area contributed by atoms with Crippen molar-refractivity contribution >= 4 is 12.0 Å². The molecule has 2 atom stereocenters. The standard InChI is InChI=1S/C17H23NO3/c1-12-10-14(11-13-8-6-5-7-9-13)18(15(12)19)16(20)21-17(2,3)4/h5-9,12,14H,10-11H2,1-4H3/t12?,14-/m1/s1. The van der Waals surface area contributed by atoms with Crippen LogP contribution < -0.4 is 0 Å². The fourth-order valence-electron chi connectivity index (χ4n) is 2.64. The monoisotopic (exact) mass is 289 g/mol. The minimum Gasteiger partial charge on any atom is -0.443 e. The number of ether oxygens (including phenoxy) is 1. The first-order valence-electron chi connectivity index (χ1n) is 7.38. The maximum Gasteiger partial charge on any atom is 0.417 e. The van der Waals surface area contributed by atoms with E-state index < -0.39 is 11.7 Å². The molecule has 0 aromatic heterocycles. The molecule has 1 aromatic carbocycles. The highest BCUT2D eigenvalue weighted by Crippen LogP contribution is 2.28. The first kappa shape index (κ1) is 15.5. The van der Waals surface area contributed by atoms with Crippen LogP contribution in [0.5, 0.6) is 0 Å². The number of nitrogens with zero attached hydrogens (tertiary/aromatic N) is 1. The molecule has 1 aliphatic rings. The Morgan fingerprint density at radius 3 is 2.48 bits per heavy atom. The van der Waals surface area contributed by atoms with Crippen LogP contribution in [-0.2, 0) is 16.0 Å². The Balaban J connectivity index is 2.15. The van der Waals surface area contributed by atoms with E-state index in [0.717, 1.165) is 5.56 Å². The van der Waals surface area contributed by atoms with E-state index in [0.29, 0.717) is 12.8 Å². The minimum absolute atomic E-state index is 0.121. The second-order valence-electron chi connectivity index (χ2n) is 6.67. The van der Waals surface area contributed by atoms with Crippen LogP contribution in [0.3, 0.4) is 0 Å². The Bertz CT molecular complexity index is 519. The van der Waals surface area contributed by atoms with Gasteiger partial charge in [0.15, 0.2) is 0 Å². The van der Waals surface area contributed by atoms with Crippen LogP contribution in [0.15, 0.2) is 30.3 Å². The van der Waals surface area contributed by atoms with Gasteiger partial charge in [-0.1, -0.05) is 37.3 Å². The second kappa shape index (κ2) is 5.88. The molecule has 114 valence electrons. The molecular weight excluding hydrogens is 266 g/mol. The molecule has 2 amide bonds. The minimum atomic E-state index is -0.597. The topological polar surface area (TPSA) is 46.6 Å². The summed E-state index contributed by atoms with van der Waals surface area (Å²) in [5.41, 5.74) is 0.526. The summed E-state index contributed by atoms with van der Waals surface area (Å²) in [6.45, 7) is 7.29. The molecule has 21 heavy (non-hydrogen) atoms. The van der Waals surface area contributed by atoms with Gasteiger partial charge in [0.05, 0.1) is 0 Å². The number of benzene rings is 1. The SMILES string of the molecule is CC1C[C@H](Cc2ccccc2)N(C(=O)OC(C)(C)C)C1=O. The molecule has 0 aliphatic carbocycles. The van der Waals surface area contributed by atoms with Crippen LogP contribution in [-0.4, -0.2) is 28.5 Å². The van der Waals surface area contributed by atoms with E-state index in [1.165, 1.54) is 4.90 Å². The number of likely N-dealkylation sites (tertiary alicyclic amines) is 1. The van der Waals surface area contributed by atoms with E-state index in [9.17, 15) is 9.59 Å². The Hall–Kier alpha value is -1.84. The summed E-state index contributed by atoms with van der Waals surface area (Å²) in [6.07, 6.45) is 0.834.